The predicted molar refractivity (Wildman–Crippen MR) is 73.3 cm³/mol. The lowest BCUT2D eigenvalue weighted by Gasteiger charge is -2.40. The number of ether oxygens (including phenoxy) is 1. The molecule has 1 saturated heterocycles. The Hall–Kier alpha value is -0.380. The van der Waals surface area contributed by atoms with E-state index in [9.17, 15) is 0 Å². The Morgan fingerprint density at radius 1 is 1.41 bits per heavy atom. The molecular weight excluding hydrogens is 212 g/mol. The first-order valence-corrected chi connectivity index (χ1v) is 6.71. The van der Waals surface area contributed by atoms with E-state index >= 15 is 0 Å². The fourth-order valence-corrected chi connectivity index (χ4v) is 2.77. The van der Waals surface area contributed by atoms with E-state index in [0.29, 0.717) is 5.41 Å². The SMILES string of the molecule is C=CCCCN(C)CC1(COC)CCNCC1. The van der Waals surface area contributed by atoms with Crippen LogP contribution in [0, 0.1) is 5.41 Å². The Bertz CT molecular complexity index is 207. The molecule has 0 aromatic carbocycles. The highest BCUT2D eigenvalue weighted by Crippen LogP contribution is 2.29. The van der Waals surface area contributed by atoms with E-state index in [4.69, 9.17) is 4.74 Å². The summed E-state index contributed by atoms with van der Waals surface area (Å²) in [4.78, 5) is 2.45. The van der Waals surface area contributed by atoms with Crippen LogP contribution in [0.25, 0.3) is 0 Å². The number of piperidine rings is 1. The molecule has 0 aromatic heterocycles. The van der Waals surface area contributed by atoms with Gasteiger partial charge in [-0.05, 0) is 52.4 Å². The molecule has 17 heavy (non-hydrogen) atoms. The summed E-state index contributed by atoms with van der Waals surface area (Å²) in [5.74, 6) is 0. The molecule has 0 radical (unpaired) electrons. The van der Waals surface area contributed by atoms with Crippen molar-refractivity contribution >= 4 is 0 Å². The van der Waals surface area contributed by atoms with Crippen LogP contribution >= 0.6 is 0 Å². The summed E-state index contributed by atoms with van der Waals surface area (Å²) in [5.41, 5.74) is 0.364. The average molecular weight is 240 g/mol. The molecule has 1 heterocycles. The Labute approximate surface area is 106 Å². The highest BCUT2D eigenvalue weighted by atomic mass is 16.5. The third-order valence-corrected chi connectivity index (χ3v) is 3.67. The largest absolute Gasteiger partial charge is 0.384 e. The van der Waals surface area contributed by atoms with Gasteiger partial charge >= 0.3 is 0 Å². The molecule has 3 nitrogen and oxygen atoms in total. The molecule has 0 spiro atoms. The van der Waals surface area contributed by atoms with Crippen molar-refractivity contribution in [2.75, 3.05) is 46.9 Å². The fraction of sp³-hybridized carbons (Fsp3) is 0.857. The zero-order chi connectivity index (χ0) is 12.6. The molecule has 0 saturated carbocycles. The van der Waals surface area contributed by atoms with Gasteiger partial charge in [-0.2, -0.15) is 0 Å². The third kappa shape index (κ3) is 5.19. The summed E-state index contributed by atoms with van der Waals surface area (Å²) in [7, 11) is 4.05. The summed E-state index contributed by atoms with van der Waals surface area (Å²) in [6.45, 7) is 9.23. The Morgan fingerprint density at radius 2 is 2.12 bits per heavy atom. The van der Waals surface area contributed by atoms with E-state index in [0.717, 1.165) is 39.2 Å². The smallest absolute Gasteiger partial charge is 0.0531 e. The van der Waals surface area contributed by atoms with Gasteiger partial charge in [0.25, 0.3) is 0 Å². The van der Waals surface area contributed by atoms with Gasteiger partial charge in [-0.1, -0.05) is 6.08 Å². The average Bonchev–Trinajstić information content (AvgIpc) is 2.30. The van der Waals surface area contributed by atoms with Crippen molar-refractivity contribution in [2.45, 2.75) is 25.7 Å². The van der Waals surface area contributed by atoms with E-state index in [1.54, 1.807) is 0 Å². The minimum Gasteiger partial charge on any atom is -0.384 e. The lowest BCUT2D eigenvalue weighted by molar-refractivity contribution is 0.0284. The van der Waals surface area contributed by atoms with Crippen molar-refractivity contribution in [3.63, 3.8) is 0 Å². The molecule has 0 aromatic rings. The molecule has 0 amide bonds. The van der Waals surface area contributed by atoms with Crippen LogP contribution in [0.15, 0.2) is 12.7 Å². The molecule has 0 atom stereocenters. The van der Waals surface area contributed by atoms with E-state index in [1.807, 2.05) is 13.2 Å². The zero-order valence-electron chi connectivity index (χ0n) is 11.5. The Balaban J connectivity index is 2.39. The van der Waals surface area contributed by atoms with Gasteiger partial charge in [0.15, 0.2) is 0 Å². The number of allylic oxidation sites excluding steroid dienone is 1. The van der Waals surface area contributed by atoms with Crippen molar-refractivity contribution in [1.29, 1.82) is 0 Å². The third-order valence-electron chi connectivity index (χ3n) is 3.67. The maximum absolute atomic E-state index is 5.44. The molecule has 0 bridgehead atoms. The number of hydrogen-bond donors (Lipinski definition) is 1. The zero-order valence-corrected chi connectivity index (χ0v) is 11.5. The molecule has 1 fully saturated rings. The van der Waals surface area contributed by atoms with Crippen molar-refractivity contribution in [1.82, 2.24) is 10.2 Å². The molecule has 0 unspecified atom stereocenters. The summed E-state index contributed by atoms with van der Waals surface area (Å²) in [6, 6.07) is 0. The van der Waals surface area contributed by atoms with Crippen molar-refractivity contribution < 1.29 is 4.74 Å². The van der Waals surface area contributed by atoms with Crippen LogP contribution in [-0.4, -0.2) is 51.8 Å². The maximum atomic E-state index is 5.44. The first-order chi connectivity index (χ1) is 8.22. The summed E-state index contributed by atoms with van der Waals surface area (Å²) >= 11 is 0. The van der Waals surface area contributed by atoms with Crippen LogP contribution in [0.2, 0.25) is 0 Å². The first-order valence-electron chi connectivity index (χ1n) is 6.71. The highest BCUT2D eigenvalue weighted by Gasteiger charge is 2.32. The van der Waals surface area contributed by atoms with Crippen molar-refractivity contribution in [3.05, 3.63) is 12.7 Å². The van der Waals surface area contributed by atoms with Gasteiger partial charge in [0, 0.05) is 19.1 Å². The molecule has 3 heteroatoms. The molecule has 1 aliphatic rings. The second-order valence-electron chi connectivity index (χ2n) is 5.35. The van der Waals surface area contributed by atoms with Crippen molar-refractivity contribution in [3.8, 4) is 0 Å². The van der Waals surface area contributed by atoms with Crippen LogP contribution in [0.4, 0.5) is 0 Å². The van der Waals surface area contributed by atoms with Crippen LogP contribution in [-0.2, 0) is 4.74 Å². The quantitative estimate of drug-likeness (QED) is 0.518. The molecule has 0 aliphatic carbocycles. The van der Waals surface area contributed by atoms with Crippen LogP contribution in [0.3, 0.4) is 0 Å². The maximum Gasteiger partial charge on any atom is 0.0531 e. The number of unbranched alkanes of at least 4 members (excludes halogenated alkanes) is 1. The molecule has 100 valence electrons. The normalized spacial score (nSPS) is 19.5. The lowest BCUT2D eigenvalue weighted by atomic mass is 9.79. The Morgan fingerprint density at radius 3 is 2.71 bits per heavy atom. The molecule has 1 N–H and O–H groups in total. The minimum absolute atomic E-state index is 0.364. The second kappa shape index (κ2) is 7.85. The van der Waals surface area contributed by atoms with E-state index in [-0.39, 0.29) is 0 Å². The molecular formula is C14H28N2O. The molecule has 1 rings (SSSR count). The van der Waals surface area contributed by atoms with E-state index in [2.05, 4.69) is 23.8 Å². The number of hydrogen-bond acceptors (Lipinski definition) is 3. The van der Waals surface area contributed by atoms with Gasteiger partial charge < -0.3 is 15.0 Å². The fourth-order valence-electron chi connectivity index (χ4n) is 2.77. The van der Waals surface area contributed by atoms with Crippen molar-refractivity contribution in [2.24, 2.45) is 5.41 Å². The molecule has 1 aliphatic heterocycles. The van der Waals surface area contributed by atoms with Gasteiger partial charge in [-0.3, -0.25) is 0 Å². The predicted octanol–water partition coefficient (Wildman–Crippen LogP) is 1.90. The lowest BCUT2D eigenvalue weighted by Crippen LogP contribution is -2.46. The van der Waals surface area contributed by atoms with Crippen LogP contribution in [0.5, 0.6) is 0 Å². The number of rotatable bonds is 8. The van der Waals surface area contributed by atoms with Crippen LogP contribution in [0.1, 0.15) is 25.7 Å². The van der Waals surface area contributed by atoms with E-state index in [1.165, 1.54) is 19.3 Å². The number of nitrogens with one attached hydrogen (secondary N) is 1. The summed E-state index contributed by atoms with van der Waals surface area (Å²) < 4.78 is 5.44. The van der Waals surface area contributed by atoms with Crippen LogP contribution < -0.4 is 5.32 Å². The summed E-state index contributed by atoms with van der Waals surface area (Å²) in [6.07, 6.45) is 6.78. The van der Waals surface area contributed by atoms with Gasteiger partial charge in [0.2, 0.25) is 0 Å². The van der Waals surface area contributed by atoms with Gasteiger partial charge in [-0.15, -0.1) is 6.58 Å². The Kier molecular flexibility index (Phi) is 6.78. The van der Waals surface area contributed by atoms with Gasteiger partial charge in [0.05, 0.1) is 6.61 Å². The summed E-state index contributed by atoms with van der Waals surface area (Å²) in [5, 5.41) is 3.44. The minimum atomic E-state index is 0.364. The highest BCUT2D eigenvalue weighted by molar-refractivity contribution is 4.87. The van der Waals surface area contributed by atoms with Gasteiger partial charge in [0.1, 0.15) is 0 Å². The monoisotopic (exact) mass is 240 g/mol. The number of methoxy groups -OCH3 is 1. The van der Waals surface area contributed by atoms with Gasteiger partial charge in [-0.25, -0.2) is 0 Å². The second-order valence-corrected chi connectivity index (χ2v) is 5.35. The number of nitrogens with zero attached hydrogens (tertiary/aromatic N) is 1. The topological polar surface area (TPSA) is 24.5 Å². The van der Waals surface area contributed by atoms with E-state index < -0.39 is 0 Å². The first kappa shape index (κ1) is 14.7. The standard InChI is InChI=1S/C14H28N2O/c1-4-5-6-11-16(2)12-14(13-17-3)7-9-15-10-8-14/h4,15H,1,5-13H2,2-3H3.